The fourth-order valence-electron chi connectivity index (χ4n) is 4.75. The molecule has 2 aromatic heterocycles. The number of fused-ring (bicyclic) bond motifs is 2. The third kappa shape index (κ3) is 4.51. The molecule has 0 bridgehead atoms. The minimum Gasteiger partial charge on any atom is -0.478 e. The highest BCUT2D eigenvalue weighted by Gasteiger charge is 2.29. The number of carboxylic acids is 1. The molecular weight excluding hydrogens is 493 g/mol. The van der Waals surface area contributed by atoms with Crippen molar-refractivity contribution in [3.8, 4) is 0 Å². The van der Waals surface area contributed by atoms with Gasteiger partial charge < -0.3 is 21.5 Å². The predicted octanol–water partition coefficient (Wildman–Crippen LogP) is 2.51. The van der Waals surface area contributed by atoms with E-state index in [1.54, 1.807) is 32.0 Å². The second kappa shape index (κ2) is 9.54. The fourth-order valence-corrected chi connectivity index (χ4v) is 4.75. The molecule has 194 valence electrons. The average molecular weight is 518 g/mol. The molecular formula is C26H24FN7O4. The van der Waals surface area contributed by atoms with Crippen molar-refractivity contribution in [2.45, 2.75) is 39.3 Å². The molecule has 0 saturated heterocycles. The summed E-state index contributed by atoms with van der Waals surface area (Å²) in [7, 11) is 0. The average Bonchev–Trinajstić information content (AvgIpc) is 3.46. The fraction of sp³-hybridized carbons (Fsp3) is 0.231. The molecule has 5 rings (SSSR count). The van der Waals surface area contributed by atoms with Crippen LogP contribution >= 0.6 is 0 Å². The van der Waals surface area contributed by atoms with E-state index in [4.69, 9.17) is 5.73 Å². The molecule has 0 fully saturated rings. The number of hydrogen-bond donors (Lipinski definition) is 4. The summed E-state index contributed by atoms with van der Waals surface area (Å²) in [6.07, 6.45) is 1.20. The summed E-state index contributed by atoms with van der Waals surface area (Å²) in [5.74, 6) is -2.56. The maximum Gasteiger partial charge on any atom is 0.335 e. The van der Waals surface area contributed by atoms with Crippen molar-refractivity contribution in [3.63, 3.8) is 0 Å². The van der Waals surface area contributed by atoms with Gasteiger partial charge in [0.25, 0.3) is 17.6 Å². The number of nitrogens with two attached hydrogens (primary N) is 1. The van der Waals surface area contributed by atoms with Gasteiger partial charge in [0.1, 0.15) is 17.2 Å². The molecule has 1 aliphatic rings. The number of aryl methyl sites for hydroxylation is 1. The minimum absolute atomic E-state index is 0.00862. The third-order valence-electron chi connectivity index (χ3n) is 6.70. The maximum absolute atomic E-state index is 13.5. The molecule has 0 spiro atoms. The van der Waals surface area contributed by atoms with E-state index in [2.05, 4.69) is 25.7 Å². The van der Waals surface area contributed by atoms with E-state index >= 15 is 0 Å². The van der Waals surface area contributed by atoms with Crippen LogP contribution in [0.5, 0.6) is 0 Å². The van der Waals surface area contributed by atoms with Gasteiger partial charge in [0, 0.05) is 12.6 Å². The monoisotopic (exact) mass is 517 g/mol. The van der Waals surface area contributed by atoms with E-state index in [0.717, 1.165) is 11.1 Å². The molecule has 1 aliphatic carbocycles. The van der Waals surface area contributed by atoms with Gasteiger partial charge in [0.05, 0.1) is 11.6 Å². The van der Waals surface area contributed by atoms with Crippen LogP contribution in [0.4, 0.5) is 10.3 Å². The van der Waals surface area contributed by atoms with Crippen LogP contribution in [0.1, 0.15) is 71.6 Å². The maximum atomic E-state index is 13.5. The first-order valence-electron chi connectivity index (χ1n) is 11.9. The number of hydrogen-bond acceptors (Lipinski definition) is 7. The number of carboxylic acid groups (broad SMARTS) is 1. The van der Waals surface area contributed by atoms with Crippen LogP contribution in [0.3, 0.4) is 0 Å². The van der Waals surface area contributed by atoms with Crippen LogP contribution in [0.2, 0.25) is 0 Å². The zero-order valence-corrected chi connectivity index (χ0v) is 20.6. The van der Waals surface area contributed by atoms with Crippen molar-refractivity contribution >= 4 is 29.5 Å². The van der Waals surface area contributed by atoms with Crippen LogP contribution in [-0.4, -0.2) is 42.5 Å². The molecule has 1 atom stereocenters. The number of nitrogen functional groups attached to an aromatic ring is 1. The standard InChI is InChI=1S/C26H24FN7O4/c1-12-9-14(3-7-18(12)27)11-29-22(35)20-10-21(34-26(31-20)32-25(28)33-34)23(36)30-19-8-6-15-13(2)16(24(37)38)4-5-17(15)19/h3-5,7,9-10,19H,6,8,11H2,1-2H3,(H2,28,33)(H,29,35)(H,30,36)(H,37,38)/t19-/m0/s1. The van der Waals surface area contributed by atoms with Crippen molar-refractivity contribution in [2.24, 2.45) is 0 Å². The molecule has 0 saturated carbocycles. The van der Waals surface area contributed by atoms with Gasteiger partial charge in [-0.2, -0.15) is 9.50 Å². The van der Waals surface area contributed by atoms with Crippen LogP contribution in [0.25, 0.3) is 5.78 Å². The molecule has 5 N–H and O–H groups in total. The van der Waals surface area contributed by atoms with E-state index in [-0.39, 0.29) is 47.1 Å². The Kier molecular flexibility index (Phi) is 6.23. The number of nitrogens with zero attached hydrogens (tertiary/aromatic N) is 4. The first-order chi connectivity index (χ1) is 18.1. The molecule has 0 unspecified atom stereocenters. The molecule has 2 amide bonds. The van der Waals surface area contributed by atoms with Gasteiger partial charge in [-0.25, -0.2) is 14.2 Å². The number of carbonyl (C=O) groups excluding carboxylic acids is 2. The van der Waals surface area contributed by atoms with Crippen molar-refractivity contribution in [1.82, 2.24) is 30.2 Å². The highest BCUT2D eigenvalue weighted by molar-refractivity contribution is 5.98. The van der Waals surface area contributed by atoms with Crippen LogP contribution in [-0.2, 0) is 13.0 Å². The Morgan fingerprint density at radius 3 is 2.66 bits per heavy atom. The zero-order chi connectivity index (χ0) is 27.1. The van der Waals surface area contributed by atoms with E-state index in [9.17, 15) is 23.9 Å². The van der Waals surface area contributed by atoms with Crippen molar-refractivity contribution in [2.75, 3.05) is 5.73 Å². The van der Waals surface area contributed by atoms with Gasteiger partial charge in [0.2, 0.25) is 5.95 Å². The lowest BCUT2D eigenvalue weighted by atomic mass is 9.98. The Labute approximate surface area is 215 Å². The smallest absolute Gasteiger partial charge is 0.335 e. The molecule has 4 aromatic rings. The van der Waals surface area contributed by atoms with Crippen molar-refractivity contribution in [3.05, 3.63) is 87.0 Å². The highest BCUT2D eigenvalue weighted by atomic mass is 19.1. The quantitative estimate of drug-likeness (QED) is 0.303. The number of carbonyl (C=O) groups is 3. The molecule has 38 heavy (non-hydrogen) atoms. The summed E-state index contributed by atoms with van der Waals surface area (Å²) in [5, 5.41) is 19.1. The Bertz CT molecular complexity index is 1630. The van der Waals surface area contributed by atoms with Gasteiger partial charge in [-0.3, -0.25) is 9.59 Å². The van der Waals surface area contributed by atoms with Gasteiger partial charge in [-0.15, -0.1) is 5.10 Å². The van der Waals surface area contributed by atoms with Gasteiger partial charge in [-0.05, 0) is 66.6 Å². The normalized spacial score (nSPS) is 14.3. The lowest BCUT2D eigenvalue weighted by molar-refractivity contribution is 0.0695. The first kappa shape index (κ1) is 24.8. The number of aromatic nitrogens is 4. The van der Waals surface area contributed by atoms with Crippen LogP contribution < -0.4 is 16.4 Å². The lowest BCUT2D eigenvalue weighted by Crippen LogP contribution is -2.30. The van der Waals surface area contributed by atoms with Crippen molar-refractivity contribution < 1.29 is 23.9 Å². The second-order valence-corrected chi connectivity index (χ2v) is 9.15. The summed E-state index contributed by atoms with van der Waals surface area (Å²) in [6, 6.07) is 8.72. The molecule has 2 heterocycles. The lowest BCUT2D eigenvalue weighted by Gasteiger charge is -2.16. The van der Waals surface area contributed by atoms with Crippen LogP contribution in [0, 0.1) is 19.7 Å². The summed E-state index contributed by atoms with van der Waals surface area (Å²) >= 11 is 0. The summed E-state index contributed by atoms with van der Waals surface area (Å²) in [4.78, 5) is 46.0. The van der Waals surface area contributed by atoms with E-state index in [1.165, 1.54) is 22.7 Å². The predicted molar refractivity (Wildman–Crippen MR) is 134 cm³/mol. The van der Waals surface area contributed by atoms with Crippen LogP contribution in [0.15, 0.2) is 36.4 Å². The molecule has 2 aromatic carbocycles. The number of aromatic carboxylic acids is 1. The number of nitrogens with one attached hydrogen (secondary N) is 2. The number of anilines is 1. The highest BCUT2D eigenvalue weighted by Crippen LogP contribution is 2.35. The number of benzene rings is 2. The zero-order valence-electron chi connectivity index (χ0n) is 20.6. The molecule has 0 aliphatic heterocycles. The van der Waals surface area contributed by atoms with Gasteiger partial charge in [0.15, 0.2) is 0 Å². The van der Waals surface area contributed by atoms with E-state index < -0.39 is 17.8 Å². The first-order valence-corrected chi connectivity index (χ1v) is 11.9. The van der Waals surface area contributed by atoms with E-state index in [1.807, 2.05) is 0 Å². The Morgan fingerprint density at radius 1 is 1.13 bits per heavy atom. The van der Waals surface area contributed by atoms with Gasteiger partial charge in [-0.1, -0.05) is 18.2 Å². The third-order valence-corrected chi connectivity index (χ3v) is 6.70. The van der Waals surface area contributed by atoms with E-state index in [0.29, 0.717) is 29.5 Å². The topological polar surface area (TPSA) is 165 Å². The summed E-state index contributed by atoms with van der Waals surface area (Å²) < 4.78 is 14.7. The summed E-state index contributed by atoms with van der Waals surface area (Å²) in [5.41, 5.74) is 9.48. The van der Waals surface area contributed by atoms with Gasteiger partial charge >= 0.3 is 5.97 Å². The Balaban J connectivity index is 1.40. The summed E-state index contributed by atoms with van der Waals surface area (Å²) in [6.45, 7) is 3.51. The number of halogens is 1. The second-order valence-electron chi connectivity index (χ2n) is 9.15. The molecule has 0 radical (unpaired) electrons. The minimum atomic E-state index is -0.999. The molecule has 12 heteroatoms. The largest absolute Gasteiger partial charge is 0.478 e. The number of amides is 2. The number of rotatable bonds is 6. The molecule has 11 nitrogen and oxygen atoms in total. The SMILES string of the molecule is Cc1cc(CNC(=O)c2cc(C(=O)N[C@H]3CCc4c3ccc(C(=O)O)c4C)n3nc(N)nc3n2)ccc1F. The van der Waals surface area contributed by atoms with Crippen molar-refractivity contribution in [1.29, 1.82) is 0 Å². The Hall–Kier alpha value is -4.87. The Morgan fingerprint density at radius 2 is 1.92 bits per heavy atom.